The average molecular weight is 199 g/mol. The predicted octanol–water partition coefficient (Wildman–Crippen LogP) is 0.591. The van der Waals surface area contributed by atoms with Crippen molar-refractivity contribution >= 4 is 21.2 Å². The third-order valence-electron chi connectivity index (χ3n) is 0.892. The van der Waals surface area contributed by atoms with Crippen LogP contribution in [0.2, 0.25) is 0 Å². The van der Waals surface area contributed by atoms with Crippen LogP contribution in [0.5, 0.6) is 0 Å². The zero-order chi connectivity index (χ0) is 4.57. The zero-order valence-electron chi connectivity index (χ0n) is 4.14. The van der Waals surface area contributed by atoms with Crippen molar-refractivity contribution in [1.82, 2.24) is 4.90 Å². The van der Waals surface area contributed by atoms with Gasteiger partial charge in [-0.05, 0) is 0 Å². The standard InChI is InChI=1S/C4H10IN/c1-6(2)4-3-5-4/h4-5H,3H2,1-2H3. The molecule has 0 aromatic rings. The second-order valence-electron chi connectivity index (χ2n) is 1.75. The number of hydrogen-bond acceptors (Lipinski definition) is 1. The Morgan fingerprint density at radius 2 is 2.17 bits per heavy atom. The number of halogens is 1. The Hall–Kier alpha value is 0.690. The second-order valence-corrected chi connectivity index (χ2v) is 5.21. The van der Waals surface area contributed by atoms with Crippen molar-refractivity contribution in [2.75, 3.05) is 18.5 Å². The van der Waals surface area contributed by atoms with Crippen LogP contribution in [0.3, 0.4) is 0 Å². The maximum absolute atomic E-state index is 2.34. The topological polar surface area (TPSA) is 3.24 Å². The molecule has 1 unspecified atom stereocenters. The molecule has 1 atom stereocenters. The minimum atomic E-state index is 0.521. The van der Waals surface area contributed by atoms with Gasteiger partial charge in [0.1, 0.15) is 0 Å². The van der Waals surface area contributed by atoms with Crippen LogP contribution in [-0.2, 0) is 0 Å². The Morgan fingerprint density at radius 3 is 2.17 bits per heavy atom. The third kappa shape index (κ3) is 1.08. The van der Waals surface area contributed by atoms with E-state index in [9.17, 15) is 0 Å². The van der Waals surface area contributed by atoms with Crippen molar-refractivity contribution in [3.63, 3.8) is 0 Å². The average Bonchev–Trinajstić information content (AvgIpc) is 2.06. The molecule has 1 fully saturated rings. The fourth-order valence-electron chi connectivity index (χ4n) is 0.341. The molecule has 0 spiro atoms. The van der Waals surface area contributed by atoms with Crippen molar-refractivity contribution in [3.05, 3.63) is 0 Å². The van der Waals surface area contributed by atoms with Crippen LogP contribution in [0, 0.1) is 0 Å². The van der Waals surface area contributed by atoms with Gasteiger partial charge in [-0.15, -0.1) is 0 Å². The Bertz CT molecular complexity index is 49.5. The number of nitrogens with zero attached hydrogens (tertiary/aromatic N) is 1. The molecule has 1 rings (SSSR count). The summed E-state index contributed by atoms with van der Waals surface area (Å²) in [6.07, 6.45) is 0. The third-order valence-corrected chi connectivity index (χ3v) is 3.90. The molecule has 0 saturated carbocycles. The van der Waals surface area contributed by atoms with Crippen LogP contribution < -0.4 is 0 Å². The summed E-state index contributed by atoms with van der Waals surface area (Å²) < 4.78 is 2.62. The fraction of sp³-hybridized carbons (Fsp3) is 1.00. The van der Waals surface area contributed by atoms with E-state index in [1.165, 1.54) is 0 Å². The fourth-order valence-corrected chi connectivity index (χ4v) is 2.29. The summed E-state index contributed by atoms with van der Waals surface area (Å²) in [5, 5.41) is 0. The molecular weight excluding hydrogens is 189 g/mol. The molecule has 1 nitrogen and oxygen atoms in total. The zero-order valence-corrected chi connectivity index (χ0v) is 6.47. The molecule has 38 valence electrons. The molecule has 6 heavy (non-hydrogen) atoms. The van der Waals surface area contributed by atoms with Gasteiger partial charge in [-0.3, -0.25) is 0 Å². The van der Waals surface area contributed by atoms with Gasteiger partial charge in [-0.1, -0.05) is 0 Å². The van der Waals surface area contributed by atoms with Crippen molar-refractivity contribution in [2.45, 2.75) is 4.05 Å². The van der Waals surface area contributed by atoms with Crippen LogP contribution in [0.15, 0.2) is 0 Å². The van der Waals surface area contributed by atoms with Crippen LogP contribution >= 0.6 is 21.2 Å². The van der Waals surface area contributed by atoms with E-state index in [0.29, 0.717) is 21.2 Å². The quantitative estimate of drug-likeness (QED) is 0.339. The number of alkyl halides is 2. The van der Waals surface area contributed by atoms with Gasteiger partial charge in [0.2, 0.25) is 0 Å². The van der Waals surface area contributed by atoms with E-state index in [1.54, 1.807) is 4.43 Å². The van der Waals surface area contributed by atoms with Crippen LogP contribution in [0.4, 0.5) is 0 Å². The van der Waals surface area contributed by atoms with Gasteiger partial charge in [-0.25, -0.2) is 0 Å². The Morgan fingerprint density at radius 1 is 1.67 bits per heavy atom. The van der Waals surface area contributed by atoms with E-state index in [-0.39, 0.29) is 0 Å². The van der Waals surface area contributed by atoms with Gasteiger partial charge in [-0.2, -0.15) is 0 Å². The Kier molecular flexibility index (Phi) is 1.34. The predicted molar refractivity (Wildman–Crippen MR) is 37.8 cm³/mol. The summed E-state index contributed by atoms with van der Waals surface area (Å²) in [4.78, 5) is 2.34. The van der Waals surface area contributed by atoms with Crippen LogP contribution in [0.1, 0.15) is 0 Å². The van der Waals surface area contributed by atoms with Gasteiger partial charge in [0.25, 0.3) is 0 Å². The van der Waals surface area contributed by atoms with E-state index < -0.39 is 0 Å². The summed E-state index contributed by atoms with van der Waals surface area (Å²) in [7, 11) is 4.34. The van der Waals surface area contributed by atoms with E-state index in [2.05, 4.69) is 19.0 Å². The summed E-state index contributed by atoms with van der Waals surface area (Å²) in [6, 6.07) is 0. The van der Waals surface area contributed by atoms with E-state index >= 15 is 0 Å². The van der Waals surface area contributed by atoms with E-state index in [1.807, 2.05) is 0 Å². The molecule has 0 aromatic carbocycles. The first-order valence-electron chi connectivity index (χ1n) is 2.09. The van der Waals surface area contributed by atoms with Gasteiger partial charge in [0.15, 0.2) is 0 Å². The molecule has 1 heterocycles. The van der Waals surface area contributed by atoms with Gasteiger partial charge < -0.3 is 0 Å². The van der Waals surface area contributed by atoms with Crippen molar-refractivity contribution < 1.29 is 0 Å². The van der Waals surface area contributed by atoms with E-state index in [4.69, 9.17) is 0 Å². The second kappa shape index (κ2) is 1.66. The maximum atomic E-state index is 2.34. The molecule has 1 saturated heterocycles. The molecule has 0 aliphatic carbocycles. The van der Waals surface area contributed by atoms with Gasteiger partial charge in [0, 0.05) is 0 Å². The first-order chi connectivity index (χ1) is 2.80. The normalized spacial score (nSPS) is 32.8. The Balaban J connectivity index is 2.13. The molecule has 0 bridgehead atoms. The van der Waals surface area contributed by atoms with E-state index in [0.717, 1.165) is 4.05 Å². The molecule has 0 aromatic heterocycles. The monoisotopic (exact) mass is 199 g/mol. The molecule has 1 aliphatic heterocycles. The van der Waals surface area contributed by atoms with Gasteiger partial charge in [0.05, 0.1) is 0 Å². The SMILES string of the molecule is CN(C)C1C[IH]1. The van der Waals surface area contributed by atoms with Crippen LogP contribution in [-0.4, -0.2) is 27.5 Å². The summed E-state index contributed by atoms with van der Waals surface area (Å²) in [5.41, 5.74) is 0. The number of rotatable bonds is 1. The first kappa shape index (κ1) is 4.84. The molecule has 1 aliphatic rings. The Labute approximate surface area is 49.0 Å². The minimum absolute atomic E-state index is 0.521. The first-order valence-corrected chi connectivity index (χ1v) is 5.08. The molecule has 2 heteroatoms. The molecular formula is C4H10IN. The number of hydrogen-bond donors (Lipinski definition) is 0. The van der Waals surface area contributed by atoms with Crippen LogP contribution in [0.25, 0.3) is 0 Å². The molecule has 0 amide bonds. The van der Waals surface area contributed by atoms with Crippen molar-refractivity contribution in [1.29, 1.82) is 0 Å². The summed E-state index contributed by atoms with van der Waals surface area (Å²) in [5.74, 6) is 0. The van der Waals surface area contributed by atoms with Gasteiger partial charge >= 0.3 is 48.7 Å². The van der Waals surface area contributed by atoms with Crippen molar-refractivity contribution in [3.8, 4) is 0 Å². The molecule has 0 N–H and O–H groups in total. The summed E-state index contributed by atoms with van der Waals surface area (Å²) in [6.45, 7) is 0. The summed E-state index contributed by atoms with van der Waals surface area (Å²) >= 11 is 0.521. The molecule has 0 radical (unpaired) electrons. The van der Waals surface area contributed by atoms with Crippen molar-refractivity contribution in [2.24, 2.45) is 0 Å².